The number of carbonyl (C=O) groups is 1. The molecule has 2 nitrogen and oxygen atoms in total. The number of rotatable bonds is 3. The molecule has 0 aliphatic rings. The van der Waals surface area contributed by atoms with Crippen molar-refractivity contribution in [2.45, 2.75) is 13.3 Å². The van der Waals surface area contributed by atoms with Crippen LogP contribution in [0.25, 0.3) is 0 Å². The van der Waals surface area contributed by atoms with Gasteiger partial charge in [0.05, 0.1) is 7.11 Å². The minimum atomic E-state index is -2.96. The molecule has 0 saturated carbocycles. The van der Waals surface area contributed by atoms with Crippen molar-refractivity contribution in [2.75, 3.05) is 7.11 Å². The van der Waals surface area contributed by atoms with Crippen LogP contribution in [0.5, 0.6) is 5.75 Å². The van der Waals surface area contributed by atoms with Crippen molar-refractivity contribution in [3.05, 3.63) is 29.3 Å². The molecule has 76 valence electrons. The van der Waals surface area contributed by atoms with Gasteiger partial charge in [0.25, 0.3) is 0 Å². The zero-order chi connectivity index (χ0) is 10.7. The molecule has 1 aromatic carbocycles. The number of halogens is 2. The van der Waals surface area contributed by atoms with E-state index in [1.54, 1.807) is 13.0 Å². The van der Waals surface area contributed by atoms with Crippen molar-refractivity contribution in [3.8, 4) is 5.75 Å². The van der Waals surface area contributed by atoms with E-state index < -0.39 is 12.2 Å². The Bertz CT molecular complexity index is 348. The van der Waals surface area contributed by atoms with Gasteiger partial charge >= 0.3 is 6.43 Å². The summed E-state index contributed by atoms with van der Waals surface area (Å²) < 4.78 is 29.1. The Balaban J connectivity index is 3.06. The molecule has 0 radical (unpaired) electrons. The molecule has 0 saturated heterocycles. The monoisotopic (exact) mass is 200 g/mol. The standard InChI is InChI=1S/C10H10F2O2/c1-6-5-7(14-2)3-4-8(6)9(13)10(11)12/h3-5,10H,1-2H3. The summed E-state index contributed by atoms with van der Waals surface area (Å²) >= 11 is 0. The summed E-state index contributed by atoms with van der Waals surface area (Å²) in [5.74, 6) is -0.599. The van der Waals surface area contributed by atoms with Gasteiger partial charge in [-0.15, -0.1) is 0 Å². The summed E-state index contributed by atoms with van der Waals surface area (Å²) in [5.41, 5.74) is 0.537. The smallest absolute Gasteiger partial charge is 0.300 e. The number of ketones is 1. The van der Waals surface area contributed by atoms with Gasteiger partial charge in [-0.05, 0) is 30.7 Å². The van der Waals surface area contributed by atoms with Crippen LogP contribution in [0.2, 0.25) is 0 Å². The molecule has 1 rings (SSSR count). The van der Waals surface area contributed by atoms with Crippen LogP contribution in [0, 0.1) is 6.92 Å². The molecular formula is C10H10F2O2. The second-order valence-corrected chi connectivity index (χ2v) is 2.85. The largest absolute Gasteiger partial charge is 0.497 e. The summed E-state index contributed by atoms with van der Waals surface area (Å²) in [6.07, 6.45) is -2.96. The maximum absolute atomic E-state index is 12.1. The van der Waals surface area contributed by atoms with E-state index in [1.807, 2.05) is 0 Å². The number of Topliss-reactive ketones (excluding diaryl/α,β-unsaturated/α-hetero) is 1. The molecule has 1 aromatic rings. The fourth-order valence-corrected chi connectivity index (χ4v) is 1.16. The van der Waals surface area contributed by atoms with Crippen molar-refractivity contribution in [2.24, 2.45) is 0 Å². The lowest BCUT2D eigenvalue weighted by atomic mass is 10.0. The highest BCUT2D eigenvalue weighted by Gasteiger charge is 2.19. The lowest BCUT2D eigenvalue weighted by Gasteiger charge is -2.06. The third kappa shape index (κ3) is 2.07. The number of ether oxygens (including phenoxy) is 1. The lowest BCUT2D eigenvalue weighted by molar-refractivity contribution is 0.0678. The zero-order valence-electron chi connectivity index (χ0n) is 7.88. The number of methoxy groups -OCH3 is 1. The zero-order valence-corrected chi connectivity index (χ0v) is 7.88. The predicted molar refractivity (Wildman–Crippen MR) is 48.1 cm³/mol. The summed E-state index contributed by atoms with van der Waals surface area (Å²) in [7, 11) is 1.48. The molecule has 14 heavy (non-hydrogen) atoms. The molecule has 0 fully saturated rings. The Morgan fingerprint density at radius 2 is 2.07 bits per heavy atom. The van der Waals surface area contributed by atoms with Gasteiger partial charge < -0.3 is 4.74 Å². The van der Waals surface area contributed by atoms with E-state index in [2.05, 4.69) is 0 Å². The molecule has 0 aromatic heterocycles. The van der Waals surface area contributed by atoms with E-state index in [-0.39, 0.29) is 5.56 Å². The Labute approximate surface area is 80.5 Å². The van der Waals surface area contributed by atoms with Gasteiger partial charge in [0.15, 0.2) is 0 Å². The molecule has 0 N–H and O–H groups in total. The number of hydrogen-bond donors (Lipinski definition) is 0. The van der Waals surface area contributed by atoms with Gasteiger partial charge in [-0.3, -0.25) is 4.79 Å². The van der Waals surface area contributed by atoms with Gasteiger partial charge in [-0.1, -0.05) is 0 Å². The van der Waals surface area contributed by atoms with Crippen LogP contribution in [0.4, 0.5) is 8.78 Å². The normalized spacial score (nSPS) is 10.4. The van der Waals surface area contributed by atoms with Crippen LogP contribution in [-0.2, 0) is 0 Å². The SMILES string of the molecule is COc1ccc(C(=O)C(F)F)c(C)c1. The minimum Gasteiger partial charge on any atom is -0.497 e. The molecular weight excluding hydrogens is 190 g/mol. The highest BCUT2D eigenvalue weighted by atomic mass is 19.3. The van der Waals surface area contributed by atoms with Gasteiger partial charge in [0.1, 0.15) is 5.75 Å². The first-order chi connectivity index (χ1) is 6.56. The third-order valence-corrected chi connectivity index (χ3v) is 1.90. The highest BCUT2D eigenvalue weighted by molar-refractivity contribution is 5.99. The summed E-state index contributed by atoms with van der Waals surface area (Å²) in [5, 5.41) is 0. The van der Waals surface area contributed by atoms with E-state index in [0.29, 0.717) is 11.3 Å². The molecule has 0 heterocycles. The van der Waals surface area contributed by atoms with Crippen molar-refractivity contribution in [1.29, 1.82) is 0 Å². The van der Waals surface area contributed by atoms with Gasteiger partial charge in [0, 0.05) is 5.56 Å². The molecule has 0 aliphatic carbocycles. The first-order valence-corrected chi connectivity index (χ1v) is 4.03. The average Bonchev–Trinajstić information content (AvgIpc) is 2.16. The third-order valence-electron chi connectivity index (χ3n) is 1.90. The maximum atomic E-state index is 12.1. The Morgan fingerprint density at radius 3 is 2.50 bits per heavy atom. The number of benzene rings is 1. The first kappa shape index (κ1) is 10.6. The van der Waals surface area contributed by atoms with Crippen LogP contribution in [0.3, 0.4) is 0 Å². The lowest BCUT2D eigenvalue weighted by Crippen LogP contribution is -2.11. The van der Waals surface area contributed by atoms with Gasteiger partial charge in [-0.25, -0.2) is 8.78 Å². The highest BCUT2D eigenvalue weighted by Crippen LogP contribution is 2.19. The molecule has 0 aliphatic heterocycles. The van der Waals surface area contributed by atoms with Crippen molar-refractivity contribution in [3.63, 3.8) is 0 Å². The molecule has 0 atom stereocenters. The maximum Gasteiger partial charge on any atom is 0.300 e. The fraction of sp³-hybridized carbons (Fsp3) is 0.300. The Hall–Kier alpha value is -1.45. The topological polar surface area (TPSA) is 26.3 Å². The Kier molecular flexibility index (Phi) is 3.17. The second-order valence-electron chi connectivity index (χ2n) is 2.85. The van der Waals surface area contributed by atoms with E-state index in [0.717, 1.165) is 0 Å². The van der Waals surface area contributed by atoms with Gasteiger partial charge in [-0.2, -0.15) is 0 Å². The van der Waals surface area contributed by atoms with Crippen LogP contribution < -0.4 is 4.74 Å². The van der Waals surface area contributed by atoms with E-state index >= 15 is 0 Å². The second kappa shape index (κ2) is 4.17. The van der Waals surface area contributed by atoms with Crippen molar-refractivity contribution >= 4 is 5.78 Å². The van der Waals surface area contributed by atoms with Crippen molar-refractivity contribution in [1.82, 2.24) is 0 Å². The van der Waals surface area contributed by atoms with Crippen molar-refractivity contribution < 1.29 is 18.3 Å². The van der Waals surface area contributed by atoms with E-state index in [9.17, 15) is 13.6 Å². The van der Waals surface area contributed by atoms with Gasteiger partial charge in [0.2, 0.25) is 5.78 Å². The quantitative estimate of drug-likeness (QED) is 0.700. The van der Waals surface area contributed by atoms with E-state index in [4.69, 9.17) is 4.74 Å². The minimum absolute atomic E-state index is 0.0424. The average molecular weight is 200 g/mol. The molecule has 0 unspecified atom stereocenters. The van der Waals surface area contributed by atoms with E-state index in [1.165, 1.54) is 19.2 Å². The number of carbonyl (C=O) groups excluding carboxylic acids is 1. The predicted octanol–water partition coefficient (Wildman–Crippen LogP) is 2.45. The Morgan fingerprint density at radius 1 is 1.43 bits per heavy atom. The number of aryl methyl sites for hydroxylation is 1. The van der Waals surface area contributed by atoms with Crippen LogP contribution in [-0.4, -0.2) is 19.3 Å². The molecule has 4 heteroatoms. The number of alkyl halides is 2. The first-order valence-electron chi connectivity index (χ1n) is 4.03. The van der Waals surface area contributed by atoms with Crippen LogP contribution in [0.15, 0.2) is 18.2 Å². The molecule has 0 spiro atoms. The summed E-state index contributed by atoms with van der Waals surface area (Å²) in [6.45, 7) is 1.60. The summed E-state index contributed by atoms with van der Waals surface area (Å²) in [6, 6.07) is 4.39. The fourth-order valence-electron chi connectivity index (χ4n) is 1.16. The van der Waals surface area contributed by atoms with Crippen LogP contribution in [0.1, 0.15) is 15.9 Å². The number of hydrogen-bond acceptors (Lipinski definition) is 2. The van der Waals surface area contributed by atoms with Crippen LogP contribution >= 0.6 is 0 Å². The molecule has 0 amide bonds. The molecule has 0 bridgehead atoms. The summed E-state index contributed by atoms with van der Waals surface area (Å²) in [4.78, 5) is 11.0.